The van der Waals surface area contributed by atoms with Gasteiger partial charge >= 0.3 is 0 Å². The summed E-state index contributed by atoms with van der Waals surface area (Å²) in [7, 11) is 0. The fourth-order valence-electron chi connectivity index (χ4n) is 4.23. The standard InChI is InChI=1S/C16H26N4/c1-2-20(12-14-5-8-18-9-6-14)16(13-17)7-11-19-10-3-4-15(16)19/h5-6,8-9,15H,2-4,7,10-13,17H2,1H3. The van der Waals surface area contributed by atoms with E-state index in [0.29, 0.717) is 6.04 Å². The van der Waals surface area contributed by atoms with Crippen molar-refractivity contribution in [3.8, 4) is 0 Å². The molecule has 2 saturated heterocycles. The Bertz CT molecular complexity index is 435. The summed E-state index contributed by atoms with van der Waals surface area (Å²) in [5, 5.41) is 0. The number of pyridine rings is 1. The Labute approximate surface area is 122 Å². The first-order chi connectivity index (χ1) is 9.80. The summed E-state index contributed by atoms with van der Waals surface area (Å²) in [5.74, 6) is 0. The van der Waals surface area contributed by atoms with Crippen molar-refractivity contribution in [2.45, 2.75) is 44.3 Å². The zero-order chi connectivity index (χ0) is 14.0. The minimum atomic E-state index is 0.175. The largest absolute Gasteiger partial charge is 0.329 e. The van der Waals surface area contributed by atoms with Crippen LogP contribution in [-0.2, 0) is 6.54 Å². The molecule has 2 aliphatic rings. The van der Waals surface area contributed by atoms with Gasteiger partial charge in [-0.3, -0.25) is 14.8 Å². The molecule has 0 spiro atoms. The number of hydrogen-bond donors (Lipinski definition) is 1. The second-order valence-electron chi connectivity index (χ2n) is 6.12. The zero-order valence-corrected chi connectivity index (χ0v) is 12.5. The third-order valence-electron chi connectivity index (χ3n) is 5.30. The lowest BCUT2D eigenvalue weighted by molar-refractivity contribution is 0.0628. The lowest BCUT2D eigenvalue weighted by Crippen LogP contribution is -2.59. The van der Waals surface area contributed by atoms with Crippen LogP contribution in [0.15, 0.2) is 24.5 Å². The molecule has 4 heteroatoms. The van der Waals surface area contributed by atoms with Crippen LogP contribution >= 0.6 is 0 Å². The Morgan fingerprint density at radius 1 is 1.40 bits per heavy atom. The van der Waals surface area contributed by atoms with Crippen molar-refractivity contribution >= 4 is 0 Å². The van der Waals surface area contributed by atoms with E-state index in [-0.39, 0.29) is 5.54 Å². The van der Waals surface area contributed by atoms with Crippen LogP contribution in [-0.4, -0.2) is 52.5 Å². The van der Waals surface area contributed by atoms with Crippen LogP contribution in [0.4, 0.5) is 0 Å². The molecule has 1 aromatic rings. The van der Waals surface area contributed by atoms with E-state index < -0.39 is 0 Å². The van der Waals surface area contributed by atoms with E-state index in [1.807, 2.05) is 12.4 Å². The average Bonchev–Trinajstić information content (AvgIpc) is 3.08. The van der Waals surface area contributed by atoms with E-state index in [9.17, 15) is 0 Å². The SMILES string of the molecule is CCN(Cc1ccncc1)C1(CN)CCN2CCCC21. The monoisotopic (exact) mass is 274 g/mol. The molecule has 2 N–H and O–H groups in total. The van der Waals surface area contributed by atoms with E-state index in [2.05, 4.69) is 33.8 Å². The van der Waals surface area contributed by atoms with Crippen LogP contribution in [0.25, 0.3) is 0 Å². The fraction of sp³-hybridized carbons (Fsp3) is 0.688. The Balaban J connectivity index is 1.83. The van der Waals surface area contributed by atoms with Gasteiger partial charge in [-0.1, -0.05) is 6.92 Å². The average molecular weight is 274 g/mol. The van der Waals surface area contributed by atoms with Crippen molar-refractivity contribution in [3.63, 3.8) is 0 Å². The number of nitrogens with two attached hydrogens (primary N) is 1. The minimum absolute atomic E-state index is 0.175. The molecule has 1 aromatic heterocycles. The van der Waals surface area contributed by atoms with Crippen molar-refractivity contribution in [2.24, 2.45) is 5.73 Å². The number of hydrogen-bond acceptors (Lipinski definition) is 4. The molecule has 2 fully saturated rings. The predicted molar refractivity (Wildman–Crippen MR) is 81.3 cm³/mol. The molecule has 2 atom stereocenters. The van der Waals surface area contributed by atoms with E-state index in [1.165, 1.54) is 37.9 Å². The minimum Gasteiger partial charge on any atom is -0.329 e. The molecular weight excluding hydrogens is 248 g/mol. The molecule has 0 amide bonds. The van der Waals surface area contributed by atoms with Crippen LogP contribution in [0, 0.1) is 0 Å². The third kappa shape index (κ3) is 2.26. The Morgan fingerprint density at radius 2 is 2.20 bits per heavy atom. The van der Waals surface area contributed by atoms with E-state index >= 15 is 0 Å². The van der Waals surface area contributed by atoms with Gasteiger partial charge < -0.3 is 5.73 Å². The van der Waals surface area contributed by atoms with Crippen molar-refractivity contribution < 1.29 is 0 Å². The normalized spacial score (nSPS) is 30.1. The zero-order valence-electron chi connectivity index (χ0n) is 12.5. The molecule has 0 bridgehead atoms. The lowest BCUT2D eigenvalue weighted by Gasteiger charge is -2.44. The Kier molecular flexibility index (Phi) is 4.06. The van der Waals surface area contributed by atoms with Crippen LogP contribution < -0.4 is 5.73 Å². The van der Waals surface area contributed by atoms with E-state index in [0.717, 1.165) is 19.6 Å². The van der Waals surface area contributed by atoms with Gasteiger partial charge in [-0.15, -0.1) is 0 Å². The van der Waals surface area contributed by atoms with Crippen molar-refractivity contribution in [1.29, 1.82) is 0 Å². The van der Waals surface area contributed by atoms with Gasteiger partial charge in [0.1, 0.15) is 0 Å². The summed E-state index contributed by atoms with van der Waals surface area (Å²) in [4.78, 5) is 9.38. The number of aromatic nitrogens is 1. The molecule has 4 nitrogen and oxygen atoms in total. The third-order valence-corrected chi connectivity index (χ3v) is 5.30. The van der Waals surface area contributed by atoms with E-state index in [4.69, 9.17) is 5.73 Å². The van der Waals surface area contributed by atoms with Gasteiger partial charge in [-0.2, -0.15) is 0 Å². The second kappa shape index (κ2) is 5.80. The number of fused-ring (bicyclic) bond motifs is 1. The van der Waals surface area contributed by atoms with E-state index in [1.54, 1.807) is 0 Å². The van der Waals surface area contributed by atoms with Crippen LogP contribution in [0.2, 0.25) is 0 Å². The van der Waals surface area contributed by atoms with Crippen molar-refractivity contribution in [3.05, 3.63) is 30.1 Å². The highest BCUT2D eigenvalue weighted by molar-refractivity contribution is 5.14. The number of rotatable bonds is 5. The second-order valence-corrected chi connectivity index (χ2v) is 6.12. The van der Waals surface area contributed by atoms with Crippen LogP contribution in [0.1, 0.15) is 31.7 Å². The van der Waals surface area contributed by atoms with Gasteiger partial charge in [0.05, 0.1) is 5.54 Å². The smallest absolute Gasteiger partial charge is 0.0502 e. The molecule has 0 radical (unpaired) electrons. The predicted octanol–water partition coefficient (Wildman–Crippen LogP) is 1.47. The van der Waals surface area contributed by atoms with Gasteiger partial charge in [0, 0.05) is 38.1 Å². The highest BCUT2D eigenvalue weighted by atomic mass is 15.3. The summed E-state index contributed by atoms with van der Waals surface area (Å²) in [5.41, 5.74) is 7.79. The molecule has 110 valence electrons. The topological polar surface area (TPSA) is 45.4 Å². The fourth-order valence-corrected chi connectivity index (χ4v) is 4.23. The lowest BCUT2D eigenvalue weighted by atomic mass is 9.86. The highest BCUT2D eigenvalue weighted by Crippen LogP contribution is 2.40. The molecule has 3 rings (SSSR count). The van der Waals surface area contributed by atoms with Gasteiger partial charge in [0.2, 0.25) is 0 Å². The molecule has 2 aliphatic heterocycles. The van der Waals surface area contributed by atoms with Gasteiger partial charge in [-0.05, 0) is 50.0 Å². The first kappa shape index (κ1) is 14.0. The van der Waals surface area contributed by atoms with Crippen molar-refractivity contribution in [1.82, 2.24) is 14.8 Å². The maximum Gasteiger partial charge on any atom is 0.0502 e. The van der Waals surface area contributed by atoms with Crippen LogP contribution in [0.5, 0.6) is 0 Å². The first-order valence-corrected chi connectivity index (χ1v) is 7.88. The molecule has 3 heterocycles. The quantitative estimate of drug-likeness (QED) is 0.883. The molecule has 20 heavy (non-hydrogen) atoms. The van der Waals surface area contributed by atoms with Gasteiger partial charge in [-0.25, -0.2) is 0 Å². The summed E-state index contributed by atoms with van der Waals surface area (Å²) in [6.07, 6.45) is 7.62. The summed E-state index contributed by atoms with van der Waals surface area (Å²) in [6, 6.07) is 4.90. The number of likely N-dealkylation sites (N-methyl/N-ethyl adjacent to an activating group) is 1. The molecule has 0 aliphatic carbocycles. The summed E-state index contributed by atoms with van der Waals surface area (Å²) in [6.45, 7) is 7.56. The molecule has 2 unspecified atom stereocenters. The van der Waals surface area contributed by atoms with Gasteiger partial charge in [0.25, 0.3) is 0 Å². The Hall–Kier alpha value is -0.970. The summed E-state index contributed by atoms with van der Waals surface area (Å²) >= 11 is 0. The maximum atomic E-state index is 6.27. The van der Waals surface area contributed by atoms with Crippen LogP contribution in [0.3, 0.4) is 0 Å². The number of nitrogens with zero attached hydrogens (tertiary/aromatic N) is 3. The van der Waals surface area contributed by atoms with Gasteiger partial charge in [0.15, 0.2) is 0 Å². The molecule has 0 saturated carbocycles. The van der Waals surface area contributed by atoms with Crippen molar-refractivity contribution in [2.75, 3.05) is 26.2 Å². The molecular formula is C16H26N4. The molecule has 0 aromatic carbocycles. The first-order valence-electron chi connectivity index (χ1n) is 7.88. The Morgan fingerprint density at radius 3 is 2.90 bits per heavy atom. The highest BCUT2D eigenvalue weighted by Gasteiger charge is 2.51. The summed E-state index contributed by atoms with van der Waals surface area (Å²) < 4.78 is 0. The maximum absolute atomic E-state index is 6.27.